The molecule has 1 saturated carbocycles. The van der Waals surface area contributed by atoms with Crippen LogP contribution in [0.2, 0.25) is 5.15 Å². The third-order valence-electron chi connectivity index (χ3n) is 5.96. The molecule has 2 aliphatic rings. The van der Waals surface area contributed by atoms with E-state index >= 15 is 0 Å². The van der Waals surface area contributed by atoms with Crippen LogP contribution in [0.1, 0.15) is 43.2 Å². The van der Waals surface area contributed by atoms with Crippen LogP contribution in [0.5, 0.6) is 0 Å². The number of likely N-dealkylation sites (N-methyl/N-ethyl adjacent to an activating group) is 1. The molecule has 1 N–H and O–H groups in total. The fourth-order valence-electron chi connectivity index (χ4n) is 3.95. The highest BCUT2D eigenvalue weighted by Gasteiger charge is 2.35. The second-order valence-corrected chi connectivity index (χ2v) is 8.41. The van der Waals surface area contributed by atoms with Gasteiger partial charge in [-0.05, 0) is 56.0 Å². The molecule has 2 heterocycles. The molecule has 2 fully saturated rings. The molecule has 1 aromatic heterocycles. The van der Waals surface area contributed by atoms with Crippen LogP contribution in [-0.2, 0) is 6.18 Å². The topological polar surface area (TPSA) is 44.3 Å². The lowest BCUT2D eigenvalue weighted by Crippen LogP contribution is -2.51. The van der Waals surface area contributed by atoms with E-state index in [2.05, 4.69) is 51.2 Å². The predicted octanol–water partition coefficient (Wildman–Crippen LogP) is 5.30. The molecule has 1 atom stereocenters. The first kappa shape index (κ1) is 21.2. The van der Waals surface area contributed by atoms with Crippen LogP contribution in [0, 0.1) is 0 Å². The van der Waals surface area contributed by atoms with Gasteiger partial charge >= 0.3 is 6.18 Å². The summed E-state index contributed by atoms with van der Waals surface area (Å²) in [5, 5.41) is 2.47. The van der Waals surface area contributed by atoms with E-state index in [0.29, 0.717) is 12.0 Å². The molecular formula is C21H25ClF3N5. The minimum Gasteiger partial charge on any atom is -0.369 e. The number of halogens is 4. The lowest BCUT2D eigenvalue weighted by atomic mass is 10.0. The van der Waals surface area contributed by atoms with Crippen LogP contribution in [0.4, 0.5) is 30.5 Å². The molecule has 5 nitrogen and oxygen atoms in total. The van der Waals surface area contributed by atoms with Crippen molar-refractivity contribution >= 4 is 28.9 Å². The first-order chi connectivity index (χ1) is 14.3. The molecule has 0 bridgehead atoms. The molecule has 0 radical (unpaired) electrons. The average Bonchev–Trinajstić information content (AvgIpc) is 3.53. The van der Waals surface area contributed by atoms with Crippen molar-refractivity contribution in [1.82, 2.24) is 14.9 Å². The van der Waals surface area contributed by atoms with Crippen molar-refractivity contribution in [3.8, 4) is 0 Å². The molecule has 1 saturated heterocycles. The second-order valence-electron chi connectivity index (χ2n) is 8.06. The van der Waals surface area contributed by atoms with E-state index in [1.165, 1.54) is 5.69 Å². The number of nitrogens with zero attached hydrogens (tertiary/aromatic N) is 4. The summed E-state index contributed by atoms with van der Waals surface area (Å²) < 4.78 is 38.7. The highest BCUT2D eigenvalue weighted by molar-refractivity contribution is 6.30. The molecule has 4 rings (SSSR count). The highest BCUT2D eigenvalue weighted by Crippen LogP contribution is 2.45. The van der Waals surface area contributed by atoms with Crippen LogP contribution < -0.4 is 10.2 Å². The molecule has 30 heavy (non-hydrogen) atoms. The van der Waals surface area contributed by atoms with E-state index in [1.54, 1.807) is 0 Å². The molecule has 1 aromatic carbocycles. The summed E-state index contributed by atoms with van der Waals surface area (Å²) in [5.74, 6) is 0.514. The maximum absolute atomic E-state index is 12.9. The summed E-state index contributed by atoms with van der Waals surface area (Å²) in [6.07, 6.45) is -0.540. The first-order valence-corrected chi connectivity index (χ1v) is 10.6. The number of hydrogen-bond donors (Lipinski definition) is 1. The molecule has 0 spiro atoms. The van der Waals surface area contributed by atoms with Gasteiger partial charge in [-0.1, -0.05) is 18.5 Å². The number of anilines is 3. The monoisotopic (exact) mass is 439 g/mol. The highest BCUT2D eigenvalue weighted by atomic mass is 35.5. The van der Waals surface area contributed by atoms with Crippen molar-refractivity contribution in [3.63, 3.8) is 0 Å². The van der Waals surface area contributed by atoms with Gasteiger partial charge in [-0.2, -0.15) is 13.2 Å². The van der Waals surface area contributed by atoms with Crippen LogP contribution in [-0.4, -0.2) is 47.6 Å². The van der Waals surface area contributed by atoms with Crippen LogP contribution in [0.25, 0.3) is 0 Å². The third kappa shape index (κ3) is 4.49. The molecule has 2 aromatic rings. The van der Waals surface area contributed by atoms with Gasteiger partial charge in [0.15, 0.2) is 0 Å². The van der Waals surface area contributed by atoms with E-state index in [1.807, 2.05) is 6.07 Å². The predicted molar refractivity (Wildman–Crippen MR) is 113 cm³/mol. The maximum Gasteiger partial charge on any atom is 0.420 e. The van der Waals surface area contributed by atoms with Crippen LogP contribution in [0.15, 0.2) is 24.4 Å². The smallest absolute Gasteiger partial charge is 0.369 e. The quantitative estimate of drug-likeness (QED) is 0.640. The summed E-state index contributed by atoms with van der Waals surface area (Å²) >= 11 is 5.74. The Bertz CT molecular complexity index is 916. The van der Waals surface area contributed by atoms with Gasteiger partial charge in [-0.3, -0.25) is 4.90 Å². The molecule has 0 unspecified atom stereocenters. The van der Waals surface area contributed by atoms with Gasteiger partial charge in [0.25, 0.3) is 0 Å². The normalized spacial score (nSPS) is 20.5. The number of rotatable bonds is 5. The number of nitrogens with one attached hydrogen (secondary N) is 1. The van der Waals surface area contributed by atoms with E-state index in [9.17, 15) is 13.2 Å². The maximum atomic E-state index is 12.9. The Morgan fingerprint density at radius 1 is 1.23 bits per heavy atom. The molecule has 0 amide bonds. The fraction of sp³-hybridized carbons (Fsp3) is 0.524. The minimum absolute atomic E-state index is 0.0632. The lowest BCUT2D eigenvalue weighted by molar-refractivity contribution is -0.137. The van der Waals surface area contributed by atoms with Crippen molar-refractivity contribution in [3.05, 3.63) is 40.7 Å². The van der Waals surface area contributed by atoms with Crippen molar-refractivity contribution < 1.29 is 13.2 Å². The lowest BCUT2D eigenvalue weighted by Gasteiger charge is -2.40. The number of benzene rings is 1. The average molecular weight is 440 g/mol. The third-order valence-corrected chi connectivity index (χ3v) is 6.25. The zero-order valence-corrected chi connectivity index (χ0v) is 17.8. The largest absolute Gasteiger partial charge is 0.420 e. The van der Waals surface area contributed by atoms with Crippen molar-refractivity contribution in [2.45, 2.75) is 44.3 Å². The van der Waals surface area contributed by atoms with Gasteiger partial charge in [0.2, 0.25) is 5.95 Å². The summed E-state index contributed by atoms with van der Waals surface area (Å²) in [6, 6.07) is 6.75. The van der Waals surface area contributed by atoms with Gasteiger partial charge in [-0.15, -0.1) is 0 Å². The Labute approximate surface area is 179 Å². The summed E-state index contributed by atoms with van der Waals surface area (Å²) in [4.78, 5) is 12.4. The Kier molecular flexibility index (Phi) is 5.81. The summed E-state index contributed by atoms with van der Waals surface area (Å²) in [6.45, 7) is 5.20. The first-order valence-electron chi connectivity index (χ1n) is 10.2. The van der Waals surface area contributed by atoms with Crippen molar-refractivity contribution in [1.29, 1.82) is 0 Å². The van der Waals surface area contributed by atoms with Crippen LogP contribution >= 0.6 is 11.6 Å². The zero-order chi connectivity index (χ0) is 21.5. The van der Waals surface area contributed by atoms with Crippen molar-refractivity contribution in [2.75, 3.05) is 36.9 Å². The minimum atomic E-state index is -4.57. The Morgan fingerprint density at radius 2 is 2.00 bits per heavy atom. The van der Waals surface area contributed by atoms with Gasteiger partial charge in [0.05, 0.1) is 0 Å². The fourth-order valence-corrected chi connectivity index (χ4v) is 4.18. The van der Waals surface area contributed by atoms with E-state index in [4.69, 9.17) is 11.6 Å². The Balaban J connectivity index is 1.57. The van der Waals surface area contributed by atoms with Gasteiger partial charge in [0, 0.05) is 43.2 Å². The van der Waals surface area contributed by atoms with Gasteiger partial charge in [-0.25, -0.2) is 9.97 Å². The standard InChI is InChI=1S/C21H25ClF3N5/c1-3-14-12-30(9-8-29(14)2)15-6-7-18(16(10-15)13-4-5-13)27-20-26-11-17(19(22)28-20)21(23,24)25/h6-7,10-11,13-14H,3-5,8-9,12H2,1-2H3,(H,26,27,28)/t14-/m1/s1. The van der Waals surface area contributed by atoms with Crippen LogP contribution in [0.3, 0.4) is 0 Å². The summed E-state index contributed by atoms with van der Waals surface area (Å²) in [5.41, 5.74) is 2.12. The molecular weight excluding hydrogens is 415 g/mol. The molecule has 162 valence electrons. The second kappa shape index (κ2) is 8.23. The molecule has 9 heteroatoms. The number of hydrogen-bond acceptors (Lipinski definition) is 5. The molecule has 1 aliphatic carbocycles. The van der Waals surface area contributed by atoms with Crippen molar-refractivity contribution in [2.24, 2.45) is 0 Å². The van der Waals surface area contributed by atoms with E-state index in [-0.39, 0.29) is 5.95 Å². The molecule has 1 aliphatic heterocycles. The summed E-state index contributed by atoms with van der Waals surface area (Å²) in [7, 11) is 2.17. The Hall–Kier alpha value is -2.06. The van der Waals surface area contributed by atoms with Gasteiger partial charge < -0.3 is 10.2 Å². The number of aromatic nitrogens is 2. The zero-order valence-electron chi connectivity index (χ0n) is 17.0. The van der Waals surface area contributed by atoms with E-state index in [0.717, 1.165) is 56.3 Å². The SMILES string of the molecule is CC[C@@H]1CN(c2ccc(Nc3ncc(C(F)(F)F)c(Cl)n3)c(C3CC3)c2)CCN1C. The Morgan fingerprint density at radius 3 is 2.63 bits per heavy atom. The van der Waals surface area contributed by atoms with E-state index < -0.39 is 16.9 Å². The van der Waals surface area contributed by atoms with Gasteiger partial charge in [0.1, 0.15) is 10.7 Å². The number of alkyl halides is 3. The number of piperazine rings is 1.